The molecule has 0 spiro atoms. The van der Waals surface area contributed by atoms with Crippen molar-refractivity contribution in [1.82, 2.24) is 10.2 Å². The second-order valence-electron chi connectivity index (χ2n) is 7.73. The Morgan fingerprint density at radius 1 is 1.13 bits per heavy atom. The maximum absolute atomic E-state index is 12.8. The summed E-state index contributed by atoms with van der Waals surface area (Å²) in [7, 11) is 0. The van der Waals surface area contributed by atoms with E-state index in [9.17, 15) is 14.4 Å². The number of nitrogens with zero attached hydrogens (tertiary/aromatic N) is 4. The minimum atomic E-state index is -0.589. The third kappa shape index (κ3) is 5.30. The molecule has 2 aliphatic heterocycles. The Labute approximate surface area is 175 Å². The molecule has 2 N–H and O–H groups in total. The van der Waals surface area contributed by atoms with Crippen LogP contribution in [0.2, 0.25) is 0 Å². The second-order valence-corrected chi connectivity index (χ2v) is 7.73. The molecule has 3 rings (SSSR count). The smallest absolute Gasteiger partial charge is 0.255 e. The van der Waals surface area contributed by atoms with Crippen LogP contribution in [0.1, 0.15) is 67.3 Å². The molecule has 1 fully saturated rings. The summed E-state index contributed by atoms with van der Waals surface area (Å²) >= 11 is 0. The molecule has 0 saturated carbocycles. The summed E-state index contributed by atoms with van der Waals surface area (Å²) in [5.74, 6) is -0.816. The Bertz CT molecular complexity index is 849. The molecule has 0 radical (unpaired) electrons. The largest absolute Gasteiger partial charge is 0.385 e. The molecular weight excluding hydrogens is 384 g/mol. The summed E-state index contributed by atoms with van der Waals surface area (Å²) in [6.45, 7) is 1.78. The Morgan fingerprint density at radius 2 is 1.90 bits per heavy atom. The highest BCUT2D eigenvalue weighted by Gasteiger charge is 2.39. The Morgan fingerprint density at radius 3 is 2.67 bits per heavy atom. The Balaban J connectivity index is 1.46. The van der Waals surface area contributed by atoms with Gasteiger partial charge in [-0.1, -0.05) is 36.9 Å². The number of rotatable bonds is 11. The van der Waals surface area contributed by atoms with Crippen molar-refractivity contribution < 1.29 is 14.4 Å². The summed E-state index contributed by atoms with van der Waals surface area (Å²) in [5, 5.41) is 9.31. The number of carbonyl (C=O) groups is 3. The van der Waals surface area contributed by atoms with E-state index in [4.69, 9.17) is 5.53 Å². The van der Waals surface area contributed by atoms with E-state index in [0.29, 0.717) is 25.1 Å². The van der Waals surface area contributed by atoms with Crippen molar-refractivity contribution >= 4 is 23.4 Å². The molecule has 1 saturated heterocycles. The standard InChI is InChI=1S/C21H28N6O3/c22-26-24-13-6-4-2-1-3-5-12-23-17-9-7-8-15-16(17)14-27(21(15)30)18-10-11-19(28)25-20(18)29/h7-9,18,23H,1-6,10-14H2,(H,25,28,29). The summed E-state index contributed by atoms with van der Waals surface area (Å²) < 4.78 is 0. The summed E-state index contributed by atoms with van der Waals surface area (Å²) in [6, 6.07) is 5.03. The van der Waals surface area contributed by atoms with Gasteiger partial charge in [-0.3, -0.25) is 19.7 Å². The number of nitrogens with one attached hydrogen (secondary N) is 2. The molecule has 2 heterocycles. The van der Waals surface area contributed by atoms with Crippen molar-refractivity contribution in [2.45, 2.75) is 64.0 Å². The molecule has 1 aromatic rings. The topological polar surface area (TPSA) is 127 Å². The van der Waals surface area contributed by atoms with Crippen LogP contribution in [0.3, 0.4) is 0 Å². The third-order valence-electron chi connectivity index (χ3n) is 5.65. The number of anilines is 1. The monoisotopic (exact) mass is 412 g/mol. The van der Waals surface area contributed by atoms with Gasteiger partial charge in [-0.25, -0.2) is 0 Å². The highest BCUT2D eigenvalue weighted by molar-refractivity contribution is 6.06. The van der Waals surface area contributed by atoms with E-state index in [1.165, 1.54) is 0 Å². The summed E-state index contributed by atoms with van der Waals surface area (Å²) in [4.78, 5) is 40.7. The van der Waals surface area contributed by atoms with Gasteiger partial charge in [-0.05, 0) is 36.9 Å². The van der Waals surface area contributed by atoms with Crippen molar-refractivity contribution in [3.63, 3.8) is 0 Å². The molecule has 9 heteroatoms. The number of azide groups is 1. The average Bonchev–Trinajstić information content (AvgIpc) is 3.07. The van der Waals surface area contributed by atoms with E-state index in [0.717, 1.165) is 56.3 Å². The van der Waals surface area contributed by atoms with E-state index in [1.807, 2.05) is 12.1 Å². The average molecular weight is 412 g/mol. The number of carbonyl (C=O) groups excluding carboxylic acids is 3. The Hall–Kier alpha value is -3.06. The van der Waals surface area contributed by atoms with Crippen LogP contribution in [0.4, 0.5) is 5.69 Å². The van der Waals surface area contributed by atoms with Crippen molar-refractivity contribution in [1.29, 1.82) is 0 Å². The minimum Gasteiger partial charge on any atom is -0.385 e. The van der Waals surface area contributed by atoms with Gasteiger partial charge >= 0.3 is 0 Å². The number of amides is 3. The van der Waals surface area contributed by atoms with Gasteiger partial charge in [0.25, 0.3) is 5.91 Å². The van der Waals surface area contributed by atoms with Crippen LogP contribution in [-0.2, 0) is 16.1 Å². The first kappa shape index (κ1) is 21.6. The van der Waals surface area contributed by atoms with Gasteiger partial charge in [0, 0.05) is 47.8 Å². The molecule has 9 nitrogen and oxygen atoms in total. The number of imide groups is 1. The Kier molecular flexibility index (Phi) is 7.68. The molecule has 1 aromatic carbocycles. The van der Waals surface area contributed by atoms with Gasteiger partial charge in [0.05, 0.1) is 0 Å². The van der Waals surface area contributed by atoms with Gasteiger partial charge in [0.2, 0.25) is 11.8 Å². The lowest BCUT2D eigenvalue weighted by Crippen LogP contribution is -2.52. The van der Waals surface area contributed by atoms with Gasteiger partial charge < -0.3 is 10.2 Å². The summed E-state index contributed by atoms with van der Waals surface area (Å²) in [6.07, 6.45) is 7.08. The van der Waals surface area contributed by atoms with Gasteiger partial charge in [-0.15, -0.1) is 0 Å². The molecule has 160 valence electrons. The lowest BCUT2D eigenvalue weighted by molar-refractivity contribution is -0.136. The summed E-state index contributed by atoms with van der Waals surface area (Å²) in [5.41, 5.74) is 10.7. The van der Waals surface area contributed by atoms with E-state index in [1.54, 1.807) is 11.0 Å². The fourth-order valence-electron chi connectivity index (χ4n) is 4.03. The van der Waals surface area contributed by atoms with Crippen LogP contribution >= 0.6 is 0 Å². The molecule has 1 atom stereocenters. The quantitative estimate of drug-likeness (QED) is 0.189. The van der Waals surface area contributed by atoms with Crippen LogP contribution in [-0.4, -0.2) is 41.8 Å². The SMILES string of the molecule is [N-]=[N+]=NCCCCCCCCNc1cccc2c1CN(C1CCC(=O)NC1=O)C2=O. The van der Waals surface area contributed by atoms with Crippen LogP contribution in [0.25, 0.3) is 10.4 Å². The number of fused-ring (bicyclic) bond motifs is 1. The molecule has 2 aliphatic rings. The lowest BCUT2D eigenvalue weighted by Gasteiger charge is -2.29. The molecule has 30 heavy (non-hydrogen) atoms. The highest BCUT2D eigenvalue weighted by Crippen LogP contribution is 2.32. The zero-order valence-corrected chi connectivity index (χ0v) is 17.1. The van der Waals surface area contributed by atoms with Crippen molar-refractivity contribution in [3.8, 4) is 0 Å². The molecular formula is C21H28N6O3. The van der Waals surface area contributed by atoms with Crippen molar-refractivity contribution in [3.05, 3.63) is 39.8 Å². The maximum Gasteiger partial charge on any atom is 0.255 e. The fourth-order valence-corrected chi connectivity index (χ4v) is 4.03. The lowest BCUT2D eigenvalue weighted by atomic mass is 10.0. The molecule has 3 amide bonds. The first-order chi connectivity index (χ1) is 14.6. The number of piperidine rings is 1. The maximum atomic E-state index is 12.8. The van der Waals surface area contributed by atoms with E-state index in [-0.39, 0.29) is 24.1 Å². The van der Waals surface area contributed by atoms with Gasteiger partial charge in [0.1, 0.15) is 6.04 Å². The predicted octanol–water partition coefficient (Wildman–Crippen LogP) is 3.51. The van der Waals surface area contributed by atoms with Gasteiger partial charge in [-0.2, -0.15) is 0 Å². The van der Waals surface area contributed by atoms with Gasteiger partial charge in [0.15, 0.2) is 0 Å². The first-order valence-corrected chi connectivity index (χ1v) is 10.6. The third-order valence-corrected chi connectivity index (χ3v) is 5.65. The number of unbranched alkanes of at least 4 members (excludes halogenated alkanes) is 5. The predicted molar refractivity (Wildman–Crippen MR) is 113 cm³/mol. The normalized spacial score (nSPS) is 18.1. The highest BCUT2D eigenvalue weighted by atomic mass is 16.2. The number of hydrogen-bond donors (Lipinski definition) is 2. The number of benzene rings is 1. The molecule has 1 unspecified atom stereocenters. The fraction of sp³-hybridized carbons (Fsp3) is 0.571. The van der Waals surface area contributed by atoms with Crippen LogP contribution < -0.4 is 10.6 Å². The zero-order chi connectivity index (χ0) is 21.3. The minimum absolute atomic E-state index is 0.149. The van der Waals surface area contributed by atoms with Crippen LogP contribution in [0.15, 0.2) is 23.3 Å². The molecule has 0 aromatic heterocycles. The van der Waals surface area contributed by atoms with Crippen molar-refractivity contribution in [2.75, 3.05) is 18.4 Å². The van der Waals surface area contributed by atoms with E-state index >= 15 is 0 Å². The molecule has 0 bridgehead atoms. The zero-order valence-electron chi connectivity index (χ0n) is 17.1. The van der Waals surface area contributed by atoms with Crippen LogP contribution in [0.5, 0.6) is 0 Å². The number of hydrogen-bond acceptors (Lipinski definition) is 5. The first-order valence-electron chi connectivity index (χ1n) is 10.6. The van der Waals surface area contributed by atoms with E-state index in [2.05, 4.69) is 20.7 Å². The second kappa shape index (κ2) is 10.6. The van der Waals surface area contributed by atoms with E-state index < -0.39 is 6.04 Å². The van der Waals surface area contributed by atoms with Crippen LogP contribution in [0, 0.1) is 0 Å². The van der Waals surface area contributed by atoms with Crippen molar-refractivity contribution in [2.24, 2.45) is 5.11 Å². The molecule has 0 aliphatic carbocycles.